The van der Waals surface area contributed by atoms with Crippen LogP contribution in [0.5, 0.6) is 0 Å². The Bertz CT molecular complexity index is 677. The lowest BCUT2D eigenvalue weighted by Crippen LogP contribution is -2.36. The molecular weight excluding hydrogens is 327 g/mol. The molecule has 2 heterocycles. The molecule has 1 aromatic carbocycles. The van der Waals surface area contributed by atoms with Crippen LogP contribution >= 0.6 is 24.0 Å². The van der Waals surface area contributed by atoms with Gasteiger partial charge in [-0.25, -0.2) is 9.89 Å². The topological polar surface area (TPSA) is 88.1 Å². The molecule has 1 aromatic heterocycles. The highest BCUT2D eigenvalue weighted by atomic mass is 35.5. The molecule has 0 atom stereocenters. The van der Waals surface area contributed by atoms with Gasteiger partial charge in [-0.1, -0.05) is 11.6 Å². The molecule has 8 heteroatoms. The van der Waals surface area contributed by atoms with E-state index in [1.165, 1.54) is 0 Å². The molecule has 1 aliphatic rings. The predicted molar refractivity (Wildman–Crippen MR) is 88.8 cm³/mol. The maximum absolute atomic E-state index is 11.1. The van der Waals surface area contributed by atoms with Gasteiger partial charge in [0.2, 0.25) is 5.89 Å². The summed E-state index contributed by atoms with van der Waals surface area (Å²) in [5.41, 5.74) is 7.39. The summed E-state index contributed by atoms with van der Waals surface area (Å²) >= 11 is 6.31. The predicted octanol–water partition coefficient (Wildman–Crippen LogP) is 2.28. The first-order valence-electron chi connectivity index (χ1n) is 6.98. The summed E-state index contributed by atoms with van der Waals surface area (Å²) in [7, 11) is 0. The Morgan fingerprint density at radius 2 is 2.14 bits per heavy atom. The molecule has 1 saturated heterocycles. The lowest BCUT2D eigenvalue weighted by atomic mass is 9.96. The van der Waals surface area contributed by atoms with E-state index in [1.807, 2.05) is 6.07 Å². The summed E-state index contributed by atoms with van der Waals surface area (Å²) in [6.45, 7) is 2.59. The fraction of sp³-hybridized carbons (Fsp3) is 0.429. The number of halogens is 2. The van der Waals surface area contributed by atoms with Gasteiger partial charge < -0.3 is 15.1 Å². The van der Waals surface area contributed by atoms with Crippen molar-refractivity contribution in [3.63, 3.8) is 0 Å². The molecular formula is C14H18Cl2N4O2. The average molecular weight is 345 g/mol. The van der Waals surface area contributed by atoms with Gasteiger partial charge in [-0.05, 0) is 43.5 Å². The number of anilines is 1. The average Bonchev–Trinajstić information content (AvgIpc) is 2.94. The summed E-state index contributed by atoms with van der Waals surface area (Å²) in [5.74, 6) is 0.299. The first-order valence-corrected chi connectivity index (χ1v) is 7.35. The molecule has 0 radical (unpaired) electrons. The molecule has 0 spiro atoms. The van der Waals surface area contributed by atoms with Crippen molar-refractivity contribution < 1.29 is 4.42 Å². The number of piperidine rings is 1. The molecule has 0 amide bonds. The Morgan fingerprint density at radius 3 is 2.73 bits per heavy atom. The van der Waals surface area contributed by atoms with Crippen molar-refractivity contribution >= 4 is 29.7 Å². The minimum absolute atomic E-state index is 0. The summed E-state index contributed by atoms with van der Waals surface area (Å²) in [6.07, 6.45) is 2.13. The molecule has 0 bridgehead atoms. The maximum Gasteiger partial charge on any atom is 0.434 e. The zero-order valence-corrected chi connectivity index (χ0v) is 13.5. The fourth-order valence-corrected chi connectivity index (χ4v) is 2.89. The summed E-state index contributed by atoms with van der Waals surface area (Å²) in [6, 6.07) is 5.50. The second-order valence-electron chi connectivity index (χ2n) is 5.25. The van der Waals surface area contributed by atoms with Crippen molar-refractivity contribution in [2.45, 2.75) is 12.8 Å². The Hall–Kier alpha value is -1.50. The van der Waals surface area contributed by atoms with Crippen molar-refractivity contribution in [2.75, 3.05) is 24.5 Å². The number of rotatable bonds is 3. The van der Waals surface area contributed by atoms with Gasteiger partial charge in [-0.3, -0.25) is 0 Å². The maximum atomic E-state index is 11.1. The number of aromatic amines is 1. The molecule has 1 fully saturated rings. The largest absolute Gasteiger partial charge is 0.434 e. The number of benzene rings is 1. The lowest BCUT2D eigenvalue weighted by molar-refractivity contribution is 0.414. The third kappa shape index (κ3) is 3.45. The number of hydrogen-bond donors (Lipinski definition) is 2. The van der Waals surface area contributed by atoms with Crippen LogP contribution < -0.4 is 16.4 Å². The van der Waals surface area contributed by atoms with Gasteiger partial charge in [0, 0.05) is 18.7 Å². The minimum Gasteiger partial charge on any atom is -0.388 e. The number of aromatic nitrogens is 2. The van der Waals surface area contributed by atoms with Crippen LogP contribution in [-0.4, -0.2) is 29.8 Å². The van der Waals surface area contributed by atoms with Gasteiger partial charge in [-0.2, -0.15) is 0 Å². The molecule has 120 valence electrons. The fourth-order valence-electron chi connectivity index (χ4n) is 2.65. The molecule has 6 nitrogen and oxygen atoms in total. The van der Waals surface area contributed by atoms with Gasteiger partial charge in [0.15, 0.2) is 0 Å². The van der Waals surface area contributed by atoms with Gasteiger partial charge in [0.05, 0.1) is 10.7 Å². The highest BCUT2D eigenvalue weighted by Gasteiger charge is 2.20. The molecule has 22 heavy (non-hydrogen) atoms. The van der Waals surface area contributed by atoms with Gasteiger partial charge in [0.1, 0.15) is 0 Å². The summed E-state index contributed by atoms with van der Waals surface area (Å²) in [5, 5.41) is 6.79. The van der Waals surface area contributed by atoms with Crippen LogP contribution in [0.2, 0.25) is 5.02 Å². The second-order valence-corrected chi connectivity index (χ2v) is 5.66. The normalized spacial score (nSPS) is 15.6. The number of hydrogen-bond acceptors (Lipinski definition) is 5. The number of nitrogens with one attached hydrogen (secondary N) is 1. The van der Waals surface area contributed by atoms with Gasteiger partial charge in [0.25, 0.3) is 0 Å². The lowest BCUT2D eigenvalue weighted by Gasteiger charge is -2.33. The van der Waals surface area contributed by atoms with Gasteiger partial charge in [-0.15, -0.1) is 17.5 Å². The quantitative estimate of drug-likeness (QED) is 0.891. The number of nitrogens with two attached hydrogens (primary N) is 1. The first-order chi connectivity index (χ1) is 10.2. The smallest absolute Gasteiger partial charge is 0.388 e. The highest BCUT2D eigenvalue weighted by molar-refractivity contribution is 6.33. The molecule has 1 aliphatic heterocycles. The first kappa shape index (κ1) is 16.9. The van der Waals surface area contributed by atoms with Crippen molar-refractivity contribution in [3.05, 3.63) is 33.8 Å². The van der Waals surface area contributed by atoms with Crippen LogP contribution in [0.4, 0.5) is 5.69 Å². The monoisotopic (exact) mass is 344 g/mol. The summed E-state index contributed by atoms with van der Waals surface area (Å²) < 4.78 is 4.99. The molecule has 0 saturated carbocycles. The van der Waals surface area contributed by atoms with Crippen LogP contribution in [0.15, 0.2) is 27.4 Å². The minimum atomic E-state index is -0.565. The van der Waals surface area contributed by atoms with E-state index in [2.05, 4.69) is 15.1 Å². The van der Waals surface area contributed by atoms with Crippen LogP contribution in [-0.2, 0) is 0 Å². The number of H-pyrrole nitrogens is 1. The van der Waals surface area contributed by atoms with Crippen LogP contribution in [0.3, 0.4) is 0 Å². The van der Waals surface area contributed by atoms with Crippen LogP contribution in [0.1, 0.15) is 12.8 Å². The zero-order chi connectivity index (χ0) is 14.8. The summed E-state index contributed by atoms with van der Waals surface area (Å²) in [4.78, 5) is 13.3. The molecule has 2 aromatic rings. The second kappa shape index (κ2) is 7.17. The van der Waals surface area contributed by atoms with Crippen molar-refractivity contribution in [3.8, 4) is 11.5 Å². The van der Waals surface area contributed by atoms with E-state index in [-0.39, 0.29) is 18.3 Å². The van der Waals surface area contributed by atoms with E-state index in [4.69, 9.17) is 21.8 Å². The zero-order valence-electron chi connectivity index (χ0n) is 11.9. The Morgan fingerprint density at radius 1 is 1.41 bits per heavy atom. The van der Waals surface area contributed by atoms with Crippen molar-refractivity contribution in [1.82, 2.24) is 10.2 Å². The van der Waals surface area contributed by atoms with Gasteiger partial charge >= 0.3 is 5.76 Å². The van der Waals surface area contributed by atoms with E-state index >= 15 is 0 Å². The van der Waals surface area contributed by atoms with E-state index in [9.17, 15) is 4.79 Å². The van der Waals surface area contributed by atoms with Crippen molar-refractivity contribution in [2.24, 2.45) is 11.7 Å². The third-order valence-corrected chi connectivity index (χ3v) is 4.24. The SMILES string of the molecule is Cl.NCC1CCN(c2cc(-c3n[nH]c(=O)o3)ccc2Cl)CC1. The van der Waals surface area contributed by atoms with Crippen LogP contribution in [0.25, 0.3) is 11.5 Å². The van der Waals surface area contributed by atoms with Crippen molar-refractivity contribution in [1.29, 1.82) is 0 Å². The Kier molecular flexibility index (Phi) is 5.50. The Labute approximate surface area is 139 Å². The molecule has 3 rings (SSSR count). The third-order valence-electron chi connectivity index (χ3n) is 3.92. The highest BCUT2D eigenvalue weighted by Crippen LogP contribution is 2.32. The van der Waals surface area contributed by atoms with E-state index in [0.29, 0.717) is 10.9 Å². The Balaban J connectivity index is 0.00000176. The van der Waals surface area contributed by atoms with E-state index in [1.54, 1.807) is 12.1 Å². The van der Waals surface area contributed by atoms with Crippen LogP contribution in [0, 0.1) is 5.92 Å². The number of nitrogens with zero attached hydrogens (tertiary/aromatic N) is 2. The molecule has 0 unspecified atom stereocenters. The van der Waals surface area contributed by atoms with E-state index in [0.717, 1.165) is 43.7 Å². The van der Waals surface area contributed by atoms with E-state index < -0.39 is 5.76 Å². The molecule has 0 aliphatic carbocycles. The standard InChI is InChI=1S/C14H17ClN4O2.ClH/c15-11-2-1-10(13-17-18-14(20)21-13)7-12(11)19-5-3-9(8-16)4-6-19;/h1-2,7,9H,3-6,8,16H2,(H,18,20);1H. The molecule has 3 N–H and O–H groups in total.